The lowest BCUT2D eigenvalue weighted by molar-refractivity contribution is -0.384. The van der Waals surface area contributed by atoms with Crippen molar-refractivity contribution in [1.82, 2.24) is 10.2 Å². The number of nitro benzene ring substituents is 1. The van der Waals surface area contributed by atoms with Crippen molar-refractivity contribution in [2.45, 2.75) is 18.9 Å². The van der Waals surface area contributed by atoms with E-state index in [4.69, 9.17) is 23.2 Å². The number of rotatable bonds is 3. The minimum absolute atomic E-state index is 0.000561. The first-order valence-corrected chi connectivity index (χ1v) is 7.27. The first kappa shape index (κ1) is 16.0. The second-order valence-electron chi connectivity index (χ2n) is 5.10. The molecule has 0 atom stereocenters. The smallest absolute Gasteiger partial charge is 0.271 e. The lowest BCUT2D eigenvalue weighted by Gasteiger charge is -2.29. The Balaban J connectivity index is 2.17. The van der Waals surface area contributed by atoms with Crippen molar-refractivity contribution in [3.8, 4) is 0 Å². The van der Waals surface area contributed by atoms with Gasteiger partial charge in [0.25, 0.3) is 11.6 Å². The highest BCUT2D eigenvalue weighted by Crippen LogP contribution is 2.31. The molecule has 0 bridgehead atoms. The number of likely N-dealkylation sites (tertiary alicyclic amines) is 1. The van der Waals surface area contributed by atoms with Crippen LogP contribution < -0.4 is 5.32 Å². The molecule has 114 valence electrons. The number of benzene rings is 1. The fourth-order valence-corrected chi connectivity index (χ4v) is 2.67. The standard InChI is InChI=1S/C13H15Cl2N3O3/c1-17-4-2-8(3-5-17)16-13(19)10-6-9(18(20)21)7-11(14)12(10)15/h6-8H,2-5H2,1H3,(H,16,19). The molecule has 1 aliphatic rings. The van der Waals surface area contributed by atoms with Crippen LogP contribution in [-0.4, -0.2) is 41.9 Å². The summed E-state index contributed by atoms with van der Waals surface area (Å²) < 4.78 is 0. The number of nitrogens with one attached hydrogen (secondary N) is 1. The fourth-order valence-electron chi connectivity index (χ4n) is 2.26. The summed E-state index contributed by atoms with van der Waals surface area (Å²) in [6.07, 6.45) is 1.67. The molecule has 6 nitrogen and oxygen atoms in total. The predicted octanol–water partition coefficient (Wildman–Crippen LogP) is 2.73. The molecule has 1 aliphatic heterocycles. The summed E-state index contributed by atoms with van der Waals surface area (Å²) in [4.78, 5) is 24.7. The number of carbonyl (C=O) groups excluding carboxylic acids is 1. The molecule has 0 spiro atoms. The monoisotopic (exact) mass is 331 g/mol. The highest BCUT2D eigenvalue weighted by Gasteiger charge is 2.23. The Hall–Kier alpha value is -1.37. The van der Waals surface area contributed by atoms with Crippen LogP contribution in [0.25, 0.3) is 0 Å². The Labute approximate surface area is 132 Å². The van der Waals surface area contributed by atoms with Gasteiger partial charge >= 0.3 is 0 Å². The van der Waals surface area contributed by atoms with Crippen LogP contribution in [0.1, 0.15) is 23.2 Å². The summed E-state index contributed by atoms with van der Waals surface area (Å²) in [6, 6.07) is 2.33. The lowest BCUT2D eigenvalue weighted by Crippen LogP contribution is -2.43. The van der Waals surface area contributed by atoms with Gasteiger partial charge < -0.3 is 10.2 Å². The Kier molecular flexibility index (Phi) is 5.03. The maximum absolute atomic E-state index is 12.3. The number of halogens is 2. The second kappa shape index (κ2) is 6.60. The van der Waals surface area contributed by atoms with Crippen molar-refractivity contribution < 1.29 is 9.72 Å². The van der Waals surface area contributed by atoms with Crippen LogP contribution in [-0.2, 0) is 0 Å². The van der Waals surface area contributed by atoms with Gasteiger partial charge in [-0.15, -0.1) is 0 Å². The van der Waals surface area contributed by atoms with Gasteiger partial charge in [-0.1, -0.05) is 23.2 Å². The number of carbonyl (C=O) groups is 1. The lowest BCUT2D eigenvalue weighted by atomic mass is 10.0. The van der Waals surface area contributed by atoms with Gasteiger partial charge in [0.1, 0.15) is 0 Å². The summed E-state index contributed by atoms with van der Waals surface area (Å²) in [7, 11) is 2.02. The first-order chi connectivity index (χ1) is 9.88. The molecule has 1 fully saturated rings. The van der Waals surface area contributed by atoms with E-state index in [2.05, 4.69) is 10.2 Å². The molecule has 1 saturated heterocycles. The van der Waals surface area contributed by atoms with Crippen LogP contribution >= 0.6 is 23.2 Å². The third kappa shape index (κ3) is 3.84. The Morgan fingerprint density at radius 3 is 2.57 bits per heavy atom. The number of hydrogen-bond acceptors (Lipinski definition) is 4. The number of piperidine rings is 1. The molecule has 21 heavy (non-hydrogen) atoms. The van der Waals surface area contributed by atoms with Gasteiger partial charge in [0.15, 0.2) is 0 Å². The van der Waals surface area contributed by atoms with Crippen LogP contribution in [0.5, 0.6) is 0 Å². The van der Waals surface area contributed by atoms with Crippen molar-refractivity contribution in [3.05, 3.63) is 37.9 Å². The van der Waals surface area contributed by atoms with E-state index in [-0.39, 0.29) is 27.3 Å². The average Bonchev–Trinajstić information content (AvgIpc) is 2.43. The molecule has 8 heteroatoms. The van der Waals surface area contributed by atoms with Crippen LogP contribution in [0.15, 0.2) is 12.1 Å². The third-order valence-corrected chi connectivity index (χ3v) is 4.32. The maximum atomic E-state index is 12.3. The highest BCUT2D eigenvalue weighted by atomic mass is 35.5. The van der Waals surface area contributed by atoms with Gasteiger partial charge in [0.2, 0.25) is 0 Å². The number of nitro groups is 1. The van der Waals surface area contributed by atoms with Gasteiger partial charge in [-0.25, -0.2) is 0 Å². The first-order valence-electron chi connectivity index (χ1n) is 6.51. The topological polar surface area (TPSA) is 75.5 Å². The fraction of sp³-hybridized carbons (Fsp3) is 0.462. The molecule has 1 aromatic rings. The minimum atomic E-state index is -0.603. The molecule has 1 amide bonds. The molecular formula is C13H15Cl2N3O3. The van der Waals surface area contributed by atoms with Gasteiger partial charge in [0.05, 0.1) is 20.5 Å². The summed E-state index contributed by atoms with van der Waals surface area (Å²) in [6.45, 7) is 1.79. The van der Waals surface area contributed by atoms with Crippen LogP contribution in [0.3, 0.4) is 0 Å². The largest absolute Gasteiger partial charge is 0.349 e. The van der Waals surface area contributed by atoms with E-state index in [1.807, 2.05) is 7.05 Å². The zero-order valence-corrected chi connectivity index (χ0v) is 12.9. The van der Waals surface area contributed by atoms with E-state index in [1.54, 1.807) is 0 Å². The van der Waals surface area contributed by atoms with Gasteiger partial charge in [-0.2, -0.15) is 0 Å². The molecule has 0 radical (unpaired) electrons. The molecule has 0 aromatic heterocycles. The molecule has 0 saturated carbocycles. The van der Waals surface area contributed by atoms with Crippen molar-refractivity contribution in [2.75, 3.05) is 20.1 Å². The summed E-state index contributed by atoms with van der Waals surface area (Å²) in [5, 5.41) is 13.7. The minimum Gasteiger partial charge on any atom is -0.349 e. The SMILES string of the molecule is CN1CCC(NC(=O)c2cc([N+](=O)[O-])cc(Cl)c2Cl)CC1. The number of non-ortho nitro benzene ring substituents is 1. The average molecular weight is 332 g/mol. The normalized spacial score (nSPS) is 16.7. The summed E-state index contributed by atoms with van der Waals surface area (Å²) in [5.74, 6) is -0.430. The van der Waals surface area contributed by atoms with Crippen molar-refractivity contribution in [2.24, 2.45) is 0 Å². The predicted molar refractivity (Wildman–Crippen MR) is 81.1 cm³/mol. The molecule has 0 unspecified atom stereocenters. The molecule has 2 rings (SSSR count). The Morgan fingerprint density at radius 1 is 1.38 bits per heavy atom. The Morgan fingerprint density at radius 2 is 2.00 bits per heavy atom. The van der Waals surface area contributed by atoms with Gasteiger partial charge in [-0.05, 0) is 33.0 Å². The number of hydrogen-bond donors (Lipinski definition) is 1. The zero-order valence-electron chi connectivity index (χ0n) is 11.4. The second-order valence-corrected chi connectivity index (χ2v) is 5.88. The van der Waals surface area contributed by atoms with Gasteiger partial charge in [0, 0.05) is 18.2 Å². The molecule has 1 heterocycles. The van der Waals surface area contributed by atoms with E-state index in [0.29, 0.717) is 0 Å². The van der Waals surface area contributed by atoms with Crippen molar-refractivity contribution in [3.63, 3.8) is 0 Å². The molecule has 1 aromatic carbocycles. The van der Waals surface area contributed by atoms with E-state index < -0.39 is 10.8 Å². The highest BCUT2D eigenvalue weighted by molar-refractivity contribution is 6.44. The van der Waals surface area contributed by atoms with E-state index in [1.165, 1.54) is 0 Å². The van der Waals surface area contributed by atoms with E-state index in [9.17, 15) is 14.9 Å². The zero-order chi connectivity index (χ0) is 15.6. The number of amides is 1. The van der Waals surface area contributed by atoms with Crippen LogP contribution in [0.4, 0.5) is 5.69 Å². The van der Waals surface area contributed by atoms with E-state index >= 15 is 0 Å². The molecule has 1 N–H and O–H groups in total. The van der Waals surface area contributed by atoms with Crippen molar-refractivity contribution >= 4 is 34.8 Å². The maximum Gasteiger partial charge on any atom is 0.271 e. The quantitative estimate of drug-likeness (QED) is 0.682. The number of nitrogens with zero attached hydrogens (tertiary/aromatic N) is 2. The van der Waals surface area contributed by atoms with Gasteiger partial charge in [-0.3, -0.25) is 14.9 Å². The van der Waals surface area contributed by atoms with Crippen LogP contribution in [0, 0.1) is 10.1 Å². The summed E-state index contributed by atoms with van der Waals surface area (Å²) in [5.41, 5.74) is -0.215. The third-order valence-electron chi connectivity index (χ3n) is 3.52. The summed E-state index contributed by atoms with van der Waals surface area (Å²) >= 11 is 11.8. The molecule has 0 aliphatic carbocycles. The Bertz CT molecular complexity index is 572. The van der Waals surface area contributed by atoms with Crippen LogP contribution in [0.2, 0.25) is 10.0 Å². The van der Waals surface area contributed by atoms with Crippen molar-refractivity contribution in [1.29, 1.82) is 0 Å². The molecular weight excluding hydrogens is 317 g/mol. The van der Waals surface area contributed by atoms with E-state index in [0.717, 1.165) is 38.1 Å².